The van der Waals surface area contributed by atoms with Gasteiger partial charge in [-0.25, -0.2) is 0 Å². The van der Waals surface area contributed by atoms with Crippen molar-refractivity contribution in [1.82, 2.24) is 0 Å². The van der Waals surface area contributed by atoms with Gasteiger partial charge in [-0.2, -0.15) is 0 Å². The lowest BCUT2D eigenvalue weighted by Crippen LogP contribution is -2.54. The van der Waals surface area contributed by atoms with Gasteiger partial charge < -0.3 is 10.2 Å². The third-order valence-electron chi connectivity index (χ3n) is 27.1. The maximum Gasteiger partial charge on any atom is 0.133 e. The van der Waals surface area contributed by atoms with Gasteiger partial charge in [-0.05, 0) is 285 Å². The molecule has 11 fully saturated rings. The van der Waals surface area contributed by atoms with E-state index in [2.05, 4.69) is 54.5 Å². The fourth-order valence-corrected chi connectivity index (χ4v) is 23.4. The highest BCUT2D eigenvalue weighted by molar-refractivity contribution is 5.80. The molecule has 0 saturated heterocycles. The van der Waals surface area contributed by atoms with E-state index in [1.807, 2.05) is 20.8 Å². The Hall–Kier alpha value is -1.33. The van der Waals surface area contributed by atoms with E-state index >= 15 is 0 Å². The summed E-state index contributed by atoms with van der Waals surface area (Å²) in [5.74, 6) is 12.5. The number of carbonyl (C=O) groups excluding carboxylic acids is 3. The summed E-state index contributed by atoms with van der Waals surface area (Å²) in [4.78, 5) is 36.5. The zero-order valence-corrected chi connectivity index (χ0v) is 45.9. The van der Waals surface area contributed by atoms with Gasteiger partial charge in [0.25, 0.3) is 0 Å². The highest BCUT2D eigenvalue weighted by Crippen LogP contribution is 2.70. The number of aliphatic hydroxyl groups is 2. The Morgan fingerprint density at radius 3 is 1.24 bits per heavy atom. The molecule has 11 saturated carbocycles. The molecular weight excluding hydrogens is 921 g/mol. The van der Waals surface area contributed by atoms with Crippen molar-refractivity contribution in [2.45, 2.75) is 293 Å². The molecule has 5 nitrogen and oxygen atoms in total. The van der Waals surface area contributed by atoms with Crippen molar-refractivity contribution in [2.24, 2.45) is 121 Å². The number of rotatable bonds is 3. The lowest BCUT2D eigenvalue weighted by molar-refractivity contribution is -0.138. The van der Waals surface area contributed by atoms with E-state index in [0.717, 1.165) is 116 Å². The Bertz CT molecular complexity index is 1900. The molecule has 75 heavy (non-hydrogen) atoms. The third kappa shape index (κ3) is 10.6. The topological polar surface area (TPSA) is 91.7 Å². The van der Waals surface area contributed by atoms with E-state index in [-0.39, 0.29) is 67.6 Å². The summed E-state index contributed by atoms with van der Waals surface area (Å²) in [5, 5.41) is 20.2. The molecule has 2 N–H and O–H groups in total. The molecule has 0 amide bonds. The van der Waals surface area contributed by atoms with Crippen molar-refractivity contribution in [3.05, 3.63) is 11.6 Å². The molecule has 12 aliphatic carbocycles. The molecule has 436 valence electrons. The van der Waals surface area contributed by atoms with Crippen molar-refractivity contribution in [3.8, 4) is 0 Å². The fourth-order valence-electron chi connectivity index (χ4n) is 23.4. The summed E-state index contributed by atoms with van der Waals surface area (Å²) in [6.45, 7) is 23.0. The average Bonchev–Trinajstić information content (AvgIpc) is 3.98. The second-order valence-corrected chi connectivity index (χ2v) is 29.6. The predicted octanol–water partition coefficient (Wildman–Crippen LogP) is 18.8. The van der Waals surface area contributed by atoms with Crippen LogP contribution in [0.4, 0.5) is 0 Å². The molecule has 5 heteroatoms. The van der Waals surface area contributed by atoms with Crippen molar-refractivity contribution in [1.29, 1.82) is 0 Å². The third-order valence-corrected chi connectivity index (χ3v) is 27.1. The second kappa shape index (κ2) is 24.0. The number of ketones is 3. The van der Waals surface area contributed by atoms with Crippen LogP contribution >= 0.6 is 0 Å². The van der Waals surface area contributed by atoms with E-state index in [1.54, 1.807) is 5.57 Å². The molecule has 0 unspecified atom stereocenters. The number of carbonyl (C=O) groups is 3. The lowest BCUT2D eigenvalue weighted by atomic mass is 9.44. The van der Waals surface area contributed by atoms with Crippen LogP contribution in [-0.4, -0.2) is 39.8 Å². The second-order valence-electron chi connectivity index (χ2n) is 29.6. The molecule has 12 rings (SSSR count). The Morgan fingerprint density at radius 1 is 0.413 bits per heavy atom. The smallest absolute Gasteiger partial charge is 0.133 e. The Kier molecular flexibility index (Phi) is 21.2. The molecular formula is C70H126O5. The summed E-state index contributed by atoms with van der Waals surface area (Å²) in [5.41, 5.74) is 3.80. The quantitative estimate of drug-likeness (QED) is 0.275. The lowest BCUT2D eigenvalue weighted by Gasteiger charge is -2.61. The van der Waals surface area contributed by atoms with Gasteiger partial charge in [0.05, 0.1) is 12.2 Å². The van der Waals surface area contributed by atoms with Gasteiger partial charge in [0.15, 0.2) is 0 Å². The first-order chi connectivity index (χ1) is 32.6. The zero-order chi connectivity index (χ0) is 49.2. The maximum absolute atomic E-state index is 12.2. The zero-order valence-electron chi connectivity index (χ0n) is 45.9. The van der Waals surface area contributed by atoms with E-state index in [4.69, 9.17) is 0 Å². The average molecular weight is 1050 g/mol. The minimum atomic E-state index is -0.117. The van der Waals surface area contributed by atoms with Crippen molar-refractivity contribution in [2.75, 3.05) is 0 Å². The number of allylic oxidation sites excluding steroid dienone is 1. The molecule has 0 bridgehead atoms. The fraction of sp³-hybridized carbons (Fsp3) is 0.929. The number of aliphatic hydroxyl groups excluding tert-OH is 2. The van der Waals surface area contributed by atoms with Gasteiger partial charge in [-0.3, -0.25) is 14.4 Å². The van der Waals surface area contributed by atoms with Crippen molar-refractivity contribution in [3.63, 3.8) is 0 Å². The molecule has 0 aliphatic heterocycles. The van der Waals surface area contributed by atoms with Crippen LogP contribution in [0, 0.1) is 121 Å². The molecule has 0 aromatic carbocycles. The molecule has 0 radical (unpaired) electrons. The van der Waals surface area contributed by atoms with Gasteiger partial charge in [-0.15, -0.1) is 0 Å². The van der Waals surface area contributed by atoms with E-state index in [0.29, 0.717) is 56.8 Å². The molecule has 0 spiro atoms. The normalized spacial score (nSPS) is 50.1. The molecule has 0 aromatic rings. The van der Waals surface area contributed by atoms with Gasteiger partial charge in [-0.1, -0.05) is 111 Å². The predicted molar refractivity (Wildman–Crippen MR) is 319 cm³/mol. The number of hydrogen-bond donors (Lipinski definition) is 2. The summed E-state index contributed by atoms with van der Waals surface area (Å²) in [7, 11) is 0. The van der Waals surface area contributed by atoms with Gasteiger partial charge >= 0.3 is 0 Å². The molecule has 12 aliphatic rings. The van der Waals surface area contributed by atoms with E-state index in [1.165, 1.54) is 122 Å². The minimum absolute atomic E-state index is 0. The maximum atomic E-state index is 12.2. The van der Waals surface area contributed by atoms with Crippen LogP contribution in [0.1, 0.15) is 281 Å². The Labute approximate surface area is 465 Å². The number of fused-ring (bicyclic) bond motifs is 15. The van der Waals surface area contributed by atoms with Crippen LogP contribution in [0.3, 0.4) is 0 Å². The van der Waals surface area contributed by atoms with E-state index in [9.17, 15) is 24.6 Å². The van der Waals surface area contributed by atoms with Crippen LogP contribution in [0.15, 0.2) is 11.6 Å². The van der Waals surface area contributed by atoms with Crippen LogP contribution < -0.4 is 0 Å². The molecule has 0 heterocycles. The summed E-state index contributed by atoms with van der Waals surface area (Å²) in [6, 6.07) is 0. The number of hydrogen-bond acceptors (Lipinski definition) is 5. The van der Waals surface area contributed by atoms with E-state index < -0.39 is 0 Å². The van der Waals surface area contributed by atoms with Crippen LogP contribution in [0.2, 0.25) is 0 Å². The summed E-state index contributed by atoms with van der Waals surface area (Å²) < 4.78 is 0. The first kappa shape index (κ1) is 66.2. The summed E-state index contributed by atoms with van der Waals surface area (Å²) >= 11 is 0. The summed E-state index contributed by atoms with van der Waals surface area (Å²) in [6.07, 6.45) is 34.9. The first-order valence-corrected chi connectivity index (χ1v) is 30.2. The van der Waals surface area contributed by atoms with Crippen LogP contribution in [-0.2, 0) is 14.4 Å². The SMILES string of the molecule is C.C.C.C.C.C.CC(=O)[C@H]1CC[C@H]2[C@@H]3CC=C4C[C@@H](O)CC[C@]4(C)[C@H]3CC[C@]12C.CC(=O)[C@H]1CC[C@H]2[C@@H]3CC[C@H]4C[C@@H](C)CC[C@]4(C)[C@H]3CC[C@]12C.CC(=O)[C@H]1CC[C@H]2[C@@H]3CC[C@H]4C[C@@H](O)CC[C@]4(C)[C@H]3CC[C@]12C. The van der Waals surface area contributed by atoms with Crippen LogP contribution in [0.5, 0.6) is 0 Å². The molecule has 23 atom stereocenters. The highest BCUT2D eigenvalue weighted by atomic mass is 16.3. The Balaban J connectivity index is 0.000000234. The monoisotopic (exact) mass is 1050 g/mol. The minimum Gasteiger partial charge on any atom is -0.393 e. The first-order valence-electron chi connectivity index (χ1n) is 30.2. The largest absolute Gasteiger partial charge is 0.393 e. The van der Waals surface area contributed by atoms with Crippen molar-refractivity contribution < 1.29 is 24.6 Å². The molecule has 0 aromatic heterocycles. The Morgan fingerprint density at radius 2 is 0.787 bits per heavy atom. The van der Waals surface area contributed by atoms with Crippen LogP contribution in [0.25, 0.3) is 0 Å². The van der Waals surface area contributed by atoms with Crippen molar-refractivity contribution >= 4 is 17.3 Å². The van der Waals surface area contributed by atoms with Gasteiger partial charge in [0.2, 0.25) is 0 Å². The van der Waals surface area contributed by atoms with Gasteiger partial charge in [0, 0.05) is 17.8 Å². The van der Waals surface area contributed by atoms with Gasteiger partial charge in [0.1, 0.15) is 17.3 Å². The standard InChI is InChI=1S/C22H36O.C21H34O2.C21H32O2.6CH4/c1-14-9-11-21(3)16(13-14)5-6-17-19-8-7-18(15(2)23)22(19,4)12-10-20(17)21;2*1-13(22)17-6-7-18-16-5-4-14-12-15(23)8-10-20(14,2)19(16)9-11-21(17,18)3;;;;;;/h14,16-20H,5-13H2,1-4H3;14-19,23H,4-12H2,1-3H3;4,15-19,23H,5-12H2,1-3H3;6*1H4/t14-,16-,17-,18+,19-,20-,21-,22+;14-,15-,16-,17+,18-,19-,20-,21+;15-,16-,17+,18-,19-,20-,21+;;;;;;/m000....../s1. The highest BCUT2D eigenvalue weighted by Gasteiger charge is 2.63. The number of Topliss-reactive ketones (excluding diaryl/α,β-unsaturated/α-hetero) is 3.